The van der Waals surface area contributed by atoms with Gasteiger partial charge < -0.3 is 9.84 Å². The van der Waals surface area contributed by atoms with Gasteiger partial charge in [-0.25, -0.2) is 9.59 Å². The quantitative estimate of drug-likeness (QED) is 0.493. The summed E-state index contributed by atoms with van der Waals surface area (Å²) in [5, 5.41) is 8.37. The molecule has 0 saturated heterocycles. The Balaban J connectivity index is 3.02. The second-order valence-electron chi connectivity index (χ2n) is 2.18. The summed E-state index contributed by atoms with van der Waals surface area (Å²) in [6.07, 6.45) is 0.747. The normalized spacial score (nSPS) is 20.2. The average Bonchev–Trinajstić information content (AvgIpc) is 2.17. The van der Waals surface area contributed by atoms with Crippen LogP contribution in [0.5, 0.6) is 0 Å². The molecule has 0 fully saturated rings. The number of esters is 1. The molecule has 4 nitrogen and oxygen atoms in total. The van der Waals surface area contributed by atoms with Crippen molar-refractivity contribution in [2.24, 2.45) is 0 Å². The van der Waals surface area contributed by atoms with Crippen molar-refractivity contribution in [1.29, 1.82) is 0 Å². The summed E-state index contributed by atoms with van der Waals surface area (Å²) < 4.78 is 4.53. The van der Waals surface area contributed by atoms with Crippen LogP contribution in [0.2, 0.25) is 0 Å². The van der Waals surface area contributed by atoms with E-state index in [2.05, 4.69) is 4.74 Å². The van der Waals surface area contributed by atoms with Gasteiger partial charge in [0.1, 0.15) is 0 Å². The van der Waals surface area contributed by atoms with Crippen LogP contribution >= 0.6 is 11.6 Å². The third-order valence-corrected chi connectivity index (χ3v) is 1.78. The first kappa shape index (κ1) is 8.80. The third-order valence-electron chi connectivity index (χ3n) is 1.31. The minimum absolute atomic E-state index is 0.0578. The second-order valence-corrected chi connectivity index (χ2v) is 2.55. The topological polar surface area (TPSA) is 63.6 Å². The van der Waals surface area contributed by atoms with Gasteiger partial charge in [-0.05, 0) is 6.92 Å². The Hall–Kier alpha value is -1.29. The number of carboxylic acids is 1. The van der Waals surface area contributed by atoms with E-state index in [0.29, 0.717) is 0 Å². The first-order valence-corrected chi connectivity index (χ1v) is 3.43. The molecule has 64 valence electrons. The highest BCUT2D eigenvalue weighted by atomic mass is 35.5. The maximum Gasteiger partial charge on any atom is 0.340 e. The van der Waals surface area contributed by atoms with Crippen LogP contribution in [-0.4, -0.2) is 17.0 Å². The van der Waals surface area contributed by atoms with Gasteiger partial charge in [-0.3, -0.25) is 0 Å². The highest BCUT2D eigenvalue weighted by molar-refractivity contribution is 6.35. The fourth-order valence-electron chi connectivity index (χ4n) is 0.701. The third kappa shape index (κ3) is 1.48. The van der Waals surface area contributed by atoms with Crippen molar-refractivity contribution in [3.8, 4) is 0 Å². The number of carboxylic acid groups (broad SMARTS) is 1. The van der Waals surface area contributed by atoms with Crippen molar-refractivity contribution in [3.63, 3.8) is 0 Å². The predicted octanol–water partition coefficient (Wildman–Crippen LogP) is 1.02. The number of carbonyl (C=O) groups is 2. The molecule has 0 aromatic rings. The van der Waals surface area contributed by atoms with E-state index in [9.17, 15) is 9.59 Å². The van der Waals surface area contributed by atoms with Gasteiger partial charge in [0.25, 0.3) is 0 Å². The lowest BCUT2D eigenvalue weighted by Crippen LogP contribution is -1.97. The zero-order chi connectivity index (χ0) is 9.30. The lowest BCUT2D eigenvalue weighted by atomic mass is 10.3. The summed E-state index contributed by atoms with van der Waals surface area (Å²) in [6.45, 7) is 1.47. The van der Waals surface area contributed by atoms with E-state index < -0.39 is 11.9 Å². The van der Waals surface area contributed by atoms with Gasteiger partial charge in [0.15, 0.2) is 5.76 Å². The van der Waals surface area contributed by atoms with Crippen LogP contribution < -0.4 is 0 Å². The van der Waals surface area contributed by atoms with Crippen LogP contribution in [0.1, 0.15) is 6.92 Å². The molecular weight excluding hydrogens is 184 g/mol. The van der Waals surface area contributed by atoms with Crippen LogP contribution in [0.25, 0.3) is 0 Å². The summed E-state index contributed by atoms with van der Waals surface area (Å²) in [7, 11) is 0. The van der Waals surface area contributed by atoms with Crippen molar-refractivity contribution >= 4 is 23.5 Å². The number of rotatable bonds is 1. The van der Waals surface area contributed by atoms with E-state index in [0.717, 1.165) is 6.08 Å². The Kier molecular flexibility index (Phi) is 2.19. The van der Waals surface area contributed by atoms with Crippen molar-refractivity contribution < 1.29 is 19.4 Å². The molecule has 0 amide bonds. The SMILES string of the molecule is CC1=C(Cl)/C(=C\C(=O)O)OC1=O. The standard InChI is InChI=1S/C7H5ClO4/c1-3-6(8)4(2-5(9)10)12-7(3)11/h2H,1H3,(H,9,10)/b4-2+. The molecule has 5 heteroatoms. The van der Waals surface area contributed by atoms with Gasteiger partial charge in [0.2, 0.25) is 0 Å². The number of ether oxygens (including phenoxy) is 1. The summed E-state index contributed by atoms with van der Waals surface area (Å²) in [5.41, 5.74) is 0.226. The molecule has 0 saturated carbocycles. The molecule has 0 aliphatic carbocycles. The highest BCUT2D eigenvalue weighted by Gasteiger charge is 2.25. The van der Waals surface area contributed by atoms with Gasteiger partial charge in [-0.15, -0.1) is 0 Å². The minimum atomic E-state index is -1.20. The predicted molar refractivity (Wildman–Crippen MR) is 40.4 cm³/mol. The molecule has 0 aromatic heterocycles. The molecule has 1 aliphatic rings. The van der Waals surface area contributed by atoms with Crippen LogP contribution in [0.3, 0.4) is 0 Å². The number of carbonyl (C=O) groups excluding carboxylic acids is 1. The van der Waals surface area contributed by atoms with E-state index in [1.807, 2.05) is 0 Å². The molecule has 1 rings (SSSR count). The fraction of sp³-hybridized carbons (Fsp3) is 0.143. The monoisotopic (exact) mass is 188 g/mol. The summed E-state index contributed by atoms with van der Waals surface area (Å²) >= 11 is 5.57. The molecule has 1 aliphatic heterocycles. The van der Waals surface area contributed by atoms with Crippen molar-refractivity contribution in [2.75, 3.05) is 0 Å². The van der Waals surface area contributed by atoms with E-state index in [4.69, 9.17) is 16.7 Å². The van der Waals surface area contributed by atoms with Gasteiger partial charge in [0.05, 0.1) is 16.7 Å². The lowest BCUT2D eigenvalue weighted by Gasteiger charge is -1.93. The van der Waals surface area contributed by atoms with Gasteiger partial charge >= 0.3 is 11.9 Å². The largest absolute Gasteiger partial charge is 0.478 e. The number of hydrogen-bond donors (Lipinski definition) is 1. The minimum Gasteiger partial charge on any atom is -0.478 e. The van der Waals surface area contributed by atoms with Crippen LogP contribution in [0, 0.1) is 0 Å². The molecule has 0 spiro atoms. The van der Waals surface area contributed by atoms with Crippen LogP contribution in [0.4, 0.5) is 0 Å². The Morgan fingerprint density at radius 2 is 2.25 bits per heavy atom. The number of aliphatic carboxylic acids is 1. The summed E-state index contributed by atoms with van der Waals surface area (Å²) in [5.74, 6) is -1.91. The van der Waals surface area contributed by atoms with Gasteiger partial charge in [-0.1, -0.05) is 11.6 Å². The Morgan fingerprint density at radius 3 is 2.58 bits per heavy atom. The first-order chi connectivity index (χ1) is 5.52. The maximum atomic E-state index is 10.8. The molecule has 0 bridgehead atoms. The van der Waals surface area contributed by atoms with Gasteiger partial charge in [-0.2, -0.15) is 0 Å². The van der Waals surface area contributed by atoms with Crippen LogP contribution in [-0.2, 0) is 14.3 Å². The highest BCUT2D eigenvalue weighted by Crippen LogP contribution is 2.28. The fourth-order valence-corrected chi connectivity index (χ4v) is 0.871. The number of hydrogen-bond acceptors (Lipinski definition) is 3. The Bertz CT molecular complexity index is 313. The zero-order valence-corrected chi connectivity index (χ0v) is 6.88. The Labute approximate surface area is 73.1 Å². The smallest absolute Gasteiger partial charge is 0.340 e. The van der Waals surface area contributed by atoms with Crippen molar-refractivity contribution in [3.05, 3.63) is 22.4 Å². The maximum absolute atomic E-state index is 10.8. The first-order valence-electron chi connectivity index (χ1n) is 3.06. The van der Waals surface area contributed by atoms with E-state index in [1.54, 1.807) is 0 Å². The summed E-state index contributed by atoms with van der Waals surface area (Å²) in [4.78, 5) is 20.9. The van der Waals surface area contributed by atoms with E-state index in [1.165, 1.54) is 6.92 Å². The summed E-state index contributed by atoms with van der Waals surface area (Å²) in [6, 6.07) is 0. The van der Waals surface area contributed by atoms with Gasteiger partial charge in [0, 0.05) is 0 Å². The number of cyclic esters (lactones) is 1. The average molecular weight is 189 g/mol. The molecule has 0 aromatic carbocycles. The molecule has 0 radical (unpaired) electrons. The van der Waals surface area contributed by atoms with E-state index >= 15 is 0 Å². The van der Waals surface area contributed by atoms with Crippen molar-refractivity contribution in [1.82, 2.24) is 0 Å². The number of allylic oxidation sites excluding steroid dienone is 1. The number of halogens is 1. The lowest BCUT2D eigenvalue weighted by molar-refractivity contribution is -0.133. The second kappa shape index (κ2) is 2.98. The van der Waals surface area contributed by atoms with Crippen molar-refractivity contribution in [2.45, 2.75) is 6.92 Å². The van der Waals surface area contributed by atoms with Crippen LogP contribution in [0.15, 0.2) is 22.4 Å². The Morgan fingerprint density at radius 1 is 1.67 bits per heavy atom. The van der Waals surface area contributed by atoms with E-state index in [-0.39, 0.29) is 16.4 Å². The molecule has 0 atom stereocenters. The molecule has 12 heavy (non-hydrogen) atoms. The molecule has 1 N–H and O–H groups in total. The molecule has 0 unspecified atom stereocenters. The molecule has 1 heterocycles. The zero-order valence-electron chi connectivity index (χ0n) is 6.13. The molecular formula is C7H5ClO4.